The lowest BCUT2D eigenvalue weighted by atomic mass is 9.89. The maximum atomic E-state index is 14.0. The SMILES string of the molecule is CCOc1cc(CC(=O)NC(CC(C)C)C2=CCCC=C2N2CCCCC2)ccc1C(=O)NC(CC(C)C)c1ccccc1N1CCCCC1. The fourth-order valence-electron chi connectivity index (χ4n) is 7.93. The standard InChI is InChI=1S/C43H62N4O3/c1-6-50-41-29-33(30-42(48)44-37(27-31(2)3)34-17-9-11-19-39(34)46-23-13-7-14-24-46)21-22-36(41)43(49)45-38(28-32(4)5)35-18-10-12-20-40(35)47-25-15-8-16-26-47/h10,12,17-22,29,31-32,37-38H,6-9,11,13-16,23-28,30H2,1-5H3,(H,44,48)(H,45,49). The zero-order chi connectivity index (χ0) is 35.5. The molecule has 2 fully saturated rings. The number of allylic oxidation sites excluding steroid dienone is 2. The van der Waals surface area contributed by atoms with E-state index in [4.69, 9.17) is 4.74 Å². The molecule has 0 saturated carbocycles. The summed E-state index contributed by atoms with van der Waals surface area (Å²) in [6.45, 7) is 15.5. The fourth-order valence-corrected chi connectivity index (χ4v) is 7.93. The van der Waals surface area contributed by atoms with Crippen molar-refractivity contribution in [2.75, 3.05) is 37.7 Å². The van der Waals surface area contributed by atoms with Gasteiger partial charge in [-0.05, 0) is 118 Å². The van der Waals surface area contributed by atoms with Crippen molar-refractivity contribution in [1.82, 2.24) is 15.5 Å². The van der Waals surface area contributed by atoms with Crippen molar-refractivity contribution in [3.63, 3.8) is 0 Å². The van der Waals surface area contributed by atoms with Gasteiger partial charge in [0.05, 0.1) is 30.7 Å². The van der Waals surface area contributed by atoms with Gasteiger partial charge in [0.1, 0.15) is 5.75 Å². The molecule has 7 nitrogen and oxygen atoms in total. The van der Waals surface area contributed by atoms with Gasteiger partial charge in [-0.2, -0.15) is 0 Å². The summed E-state index contributed by atoms with van der Waals surface area (Å²) < 4.78 is 6.05. The van der Waals surface area contributed by atoms with Crippen molar-refractivity contribution in [3.05, 3.63) is 82.6 Å². The molecule has 3 aliphatic rings. The maximum absolute atomic E-state index is 14.0. The Balaban J connectivity index is 1.31. The van der Waals surface area contributed by atoms with E-state index in [2.05, 4.69) is 84.5 Å². The maximum Gasteiger partial charge on any atom is 0.255 e. The van der Waals surface area contributed by atoms with Crippen LogP contribution >= 0.6 is 0 Å². The van der Waals surface area contributed by atoms with E-state index >= 15 is 0 Å². The number of hydrogen-bond donors (Lipinski definition) is 2. The molecular weight excluding hydrogens is 620 g/mol. The monoisotopic (exact) mass is 682 g/mol. The Hall–Kier alpha value is -3.74. The largest absolute Gasteiger partial charge is 0.493 e. The number of ether oxygens (including phenoxy) is 1. The lowest BCUT2D eigenvalue weighted by Crippen LogP contribution is -2.42. The van der Waals surface area contributed by atoms with Crippen molar-refractivity contribution in [2.24, 2.45) is 11.8 Å². The number of hydrogen-bond acceptors (Lipinski definition) is 5. The Morgan fingerprint density at radius 1 is 0.760 bits per heavy atom. The van der Waals surface area contributed by atoms with E-state index in [-0.39, 0.29) is 30.3 Å². The smallest absolute Gasteiger partial charge is 0.255 e. The van der Waals surface area contributed by atoms with Crippen molar-refractivity contribution in [2.45, 2.75) is 117 Å². The molecule has 0 bridgehead atoms. The summed E-state index contributed by atoms with van der Waals surface area (Å²) in [6, 6.07) is 14.0. The topological polar surface area (TPSA) is 73.9 Å². The van der Waals surface area contributed by atoms with Crippen LogP contribution < -0.4 is 20.3 Å². The molecular formula is C43H62N4O3. The molecule has 0 radical (unpaired) electrons. The second-order valence-corrected chi connectivity index (χ2v) is 15.3. The first-order valence-electron chi connectivity index (χ1n) is 19.6. The third-order valence-electron chi connectivity index (χ3n) is 10.3. The highest BCUT2D eigenvalue weighted by Gasteiger charge is 2.28. The first-order chi connectivity index (χ1) is 24.2. The summed E-state index contributed by atoms with van der Waals surface area (Å²) in [7, 11) is 0. The number of anilines is 1. The van der Waals surface area contributed by atoms with Gasteiger partial charge in [0.15, 0.2) is 0 Å². The van der Waals surface area contributed by atoms with Crippen LogP contribution in [0.5, 0.6) is 5.75 Å². The molecule has 272 valence electrons. The average molecular weight is 683 g/mol. The summed E-state index contributed by atoms with van der Waals surface area (Å²) in [6.07, 6.45) is 16.2. The van der Waals surface area contributed by atoms with Crippen molar-refractivity contribution < 1.29 is 14.3 Å². The second kappa shape index (κ2) is 18.5. The summed E-state index contributed by atoms with van der Waals surface area (Å²) in [5.74, 6) is 1.21. The zero-order valence-corrected chi connectivity index (χ0v) is 31.4. The number of amides is 2. The van der Waals surface area contributed by atoms with Gasteiger partial charge in [-0.25, -0.2) is 0 Å². The number of piperidine rings is 2. The van der Waals surface area contributed by atoms with Crippen LogP contribution in [0.1, 0.15) is 126 Å². The van der Waals surface area contributed by atoms with E-state index in [1.807, 2.05) is 25.1 Å². The van der Waals surface area contributed by atoms with Gasteiger partial charge in [0.2, 0.25) is 5.91 Å². The minimum absolute atomic E-state index is 0.00825. The first kappa shape index (κ1) is 37.5. The van der Waals surface area contributed by atoms with Crippen LogP contribution in [0, 0.1) is 11.8 Å². The Kier molecular flexibility index (Phi) is 13.9. The highest BCUT2D eigenvalue weighted by molar-refractivity contribution is 5.97. The van der Waals surface area contributed by atoms with Gasteiger partial charge in [-0.1, -0.05) is 64.1 Å². The Morgan fingerprint density at radius 3 is 2.08 bits per heavy atom. The zero-order valence-electron chi connectivity index (χ0n) is 31.4. The molecule has 5 rings (SSSR count). The number of nitrogens with one attached hydrogen (secondary N) is 2. The van der Waals surface area contributed by atoms with E-state index in [1.54, 1.807) is 0 Å². The quantitative estimate of drug-likeness (QED) is 0.197. The van der Waals surface area contributed by atoms with Crippen LogP contribution in [0.2, 0.25) is 0 Å². The number of carbonyl (C=O) groups is 2. The molecule has 1 aliphatic carbocycles. The van der Waals surface area contributed by atoms with Gasteiger partial charge in [0.25, 0.3) is 5.91 Å². The molecule has 2 aromatic rings. The van der Waals surface area contributed by atoms with Crippen LogP contribution in [0.4, 0.5) is 5.69 Å². The van der Waals surface area contributed by atoms with E-state index in [9.17, 15) is 9.59 Å². The molecule has 2 heterocycles. The second-order valence-electron chi connectivity index (χ2n) is 15.3. The molecule has 2 unspecified atom stereocenters. The molecule has 2 amide bonds. The highest BCUT2D eigenvalue weighted by Crippen LogP contribution is 2.34. The summed E-state index contributed by atoms with van der Waals surface area (Å²) in [5.41, 5.74) is 6.34. The van der Waals surface area contributed by atoms with Gasteiger partial charge in [-0.3, -0.25) is 9.59 Å². The summed E-state index contributed by atoms with van der Waals surface area (Å²) >= 11 is 0. The molecule has 0 aromatic heterocycles. The van der Waals surface area contributed by atoms with Gasteiger partial charge >= 0.3 is 0 Å². The number of likely N-dealkylation sites (tertiary alicyclic amines) is 1. The molecule has 2 N–H and O–H groups in total. The minimum atomic E-state index is -0.151. The average Bonchev–Trinajstić information content (AvgIpc) is 3.11. The number of carbonyl (C=O) groups excluding carboxylic acids is 2. The number of para-hydroxylation sites is 1. The lowest BCUT2D eigenvalue weighted by Gasteiger charge is -2.37. The Bertz CT molecular complexity index is 1480. The minimum Gasteiger partial charge on any atom is -0.493 e. The van der Waals surface area contributed by atoms with Crippen molar-refractivity contribution >= 4 is 17.5 Å². The number of benzene rings is 2. The molecule has 2 aromatic carbocycles. The molecule has 0 spiro atoms. The predicted molar refractivity (Wildman–Crippen MR) is 206 cm³/mol. The summed E-state index contributed by atoms with van der Waals surface area (Å²) in [4.78, 5) is 32.7. The van der Waals surface area contributed by atoms with Gasteiger partial charge in [0, 0.05) is 37.6 Å². The van der Waals surface area contributed by atoms with Crippen LogP contribution in [-0.2, 0) is 11.2 Å². The normalized spacial score (nSPS) is 18.0. The number of rotatable bonds is 15. The van der Waals surface area contributed by atoms with E-state index in [0.29, 0.717) is 29.8 Å². The Labute approximate surface area is 301 Å². The van der Waals surface area contributed by atoms with Crippen molar-refractivity contribution in [1.29, 1.82) is 0 Å². The fraction of sp³-hybridized carbons (Fsp3) is 0.581. The molecule has 7 heteroatoms. The third-order valence-corrected chi connectivity index (χ3v) is 10.3. The summed E-state index contributed by atoms with van der Waals surface area (Å²) in [5, 5.41) is 6.81. The molecule has 50 heavy (non-hydrogen) atoms. The molecule has 2 saturated heterocycles. The van der Waals surface area contributed by atoms with Crippen molar-refractivity contribution in [3.8, 4) is 5.75 Å². The van der Waals surface area contributed by atoms with Crippen LogP contribution in [0.3, 0.4) is 0 Å². The molecule has 2 atom stereocenters. The van der Waals surface area contributed by atoms with Crippen LogP contribution in [-0.4, -0.2) is 55.5 Å². The van der Waals surface area contributed by atoms with E-state index in [0.717, 1.165) is 57.4 Å². The Morgan fingerprint density at radius 2 is 1.40 bits per heavy atom. The third kappa shape index (κ3) is 10.2. The predicted octanol–water partition coefficient (Wildman–Crippen LogP) is 8.76. The first-order valence-corrected chi connectivity index (χ1v) is 19.6. The van der Waals surface area contributed by atoms with Crippen LogP contribution in [0.15, 0.2) is 65.9 Å². The van der Waals surface area contributed by atoms with Gasteiger partial charge < -0.3 is 25.2 Å². The van der Waals surface area contributed by atoms with E-state index < -0.39 is 0 Å². The molecule has 2 aliphatic heterocycles. The van der Waals surface area contributed by atoms with Crippen LogP contribution in [0.25, 0.3) is 0 Å². The highest BCUT2D eigenvalue weighted by atomic mass is 16.5. The number of nitrogens with zero attached hydrogens (tertiary/aromatic N) is 2. The lowest BCUT2D eigenvalue weighted by molar-refractivity contribution is -0.121. The van der Waals surface area contributed by atoms with E-state index in [1.165, 1.54) is 61.0 Å². The van der Waals surface area contributed by atoms with Gasteiger partial charge in [-0.15, -0.1) is 0 Å².